The van der Waals surface area contributed by atoms with Gasteiger partial charge in [-0.3, -0.25) is 19.8 Å². The highest BCUT2D eigenvalue weighted by atomic mass is 32.1. The van der Waals surface area contributed by atoms with Gasteiger partial charge in [0.25, 0.3) is 11.6 Å². The molecule has 7 heteroatoms. The lowest BCUT2D eigenvalue weighted by Gasteiger charge is -2.36. The third-order valence-corrected chi connectivity index (χ3v) is 6.79. The molecule has 132 valence electrons. The van der Waals surface area contributed by atoms with Gasteiger partial charge in [0.05, 0.1) is 16.0 Å². The molecule has 2 unspecified atom stereocenters. The highest BCUT2D eigenvalue weighted by Gasteiger charge is 2.65. The largest absolute Gasteiger partial charge is 0.331 e. The van der Waals surface area contributed by atoms with Crippen LogP contribution in [0.4, 0.5) is 11.4 Å². The van der Waals surface area contributed by atoms with Crippen LogP contribution in [0, 0.1) is 16.0 Å². The van der Waals surface area contributed by atoms with E-state index in [0.29, 0.717) is 33.5 Å². The van der Waals surface area contributed by atoms with E-state index in [1.165, 1.54) is 6.07 Å². The lowest BCUT2D eigenvalue weighted by molar-refractivity contribution is -0.383. The number of carbonyl (C=O) groups excluding carboxylic acids is 1. The van der Waals surface area contributed by atoms with Gasteiger partial charge in [0.1, 0.15) is 5.54 Å². The number of fused-ring (bicyclic) bond motifs is 6. The zero-order valence-electron chi connectivity index (χ0n) is 14.2. The monoisotopic (exact) mass is 367 g/mol. The van der Waals surface area contributed by atoms with E-state index in [0.717, 1.165) is 19.3 Å². The minimum Gasteiger partial charge on any atom is -0.331 e. The Labute approximate surface area is 155 Å². The number of amides is 1. The Morgan fingerprint density at radius 2 is 1.92 bits per heavy atom. The number of nitro groups is 1. The Morgan fingerprint density at radius 1 is 1.19 bits per heavy atom. The third kappa shape index (κ3) is 1.71. The molecule has 2 heterocycles. The van der Waals surface area contributed by atoms with Crippen molar-refractivity contribution in [2.75, 3.05) is 4.90 Å². The predicted octanol–water partition coefficient (Wildman–Crippen LogP) is 3.62. The normalized spacial score (nSPS) is 29.7. The van der Waals surface area contributed by atoms with E-state index in [1.54, 1.807) is 23.1 Å². The number of non-ortho nitro benzene ring substituents is 1. The van der Waals surface area contributed by atoms with Crippen molar-refractivity contribution < 1.29 is 9.72 Å². The second-order valence-electron chi connectivity index (χ2n) is 7.51. The van der Waals surface area contributed by atoms with Gasteiger partial charge in [-0.25, -0.2) is 0 Å². The lowest BCUT2D eigenvalue weighted by atomic mass is 9.85. The highest BCUT2D eigenvalue weighted by Crippen LogP contribution is 2.54. The molecule has 2 aromatic rings. The van der Waals surface area contributed by atoms with Crippen LogP contribution in [0.25, 0.3) is 10.8 Å². The van der Waals surface area contributed by atoms with Crippen molar-refractivity contribution >= 4 is 45.4 Å². The van der Waals surface area contributed by atoms with Crippen LogP contribution < -0.4 is 4.90 Å². The maximum absolute atomic E-state index is 13.4. The Balaban J connectivity index is 1.70. The molecule has 3 fully saturated rings. The first-order valence-corrected chi connectivity index (χ1v) is 9.19. The molecule has 1 aliphatic carbocycles. The van der Waals surface area contributed by atoms with Crippen molar-refractivity contribution in [1.29, 1.82) is 0 Å². The van der Waals surface area contributed by atoms with E-state index in [4.69, 9.17) is 12.2 Å². The summed E-state index contributed by atoms with van der Waals surface area (Å²) in [5, 5.41) is 13.1. The fourth-order valence-corrected chi connectivity index (χ4v) is 5.69. The van der Waals surface area contributed by atoms with Crippen LogP contribution in [-0.2, 0) is 4.79 Å². The summed E-state index contributed by atoms with van der Waals surface area (Å²) in [5.41, 5.74) is 0.0907. The standard InChI is InChI=1S/C19H17N3O3S/c1-19-11-6-7-12(10-11)21(19)18(26)20(17(19)23)15-8-9-16(22(24)25)14-5-3-2-4-13(14)15/h2-5,8-9,11-12H,6-7,10H2,1H3/t11?,12?,19-/m1/s1. The van der Waals surface area contributed by atoms with Gasteiger partial charge in [0, 0.05) is 17.5 Å². The Kier molecular flexibility index (Phi) is 3.02. The number of carbonyl (C=O) groups is 1. The van der Waals surface area contributed by atoms with Crippen molar-refractivity contribution in [3.8, 4) is 0 Å². The van der Waals surface area contributed by atoms with E-state index in [9.17, 15) is 14.9 Å². The van der Waals surface area contributed by atoms with Gasteiger partial charge < -0.3 is 4.90 Å². The lowest BCUT2D eigenvalue weighted by Crippen LogP contribution is -2.51. The smallest absolute Gasteiger partial charge is 0.277 e. The molecule has 3 atom stereocenters. The summed E-state index contributed by atoms with van der Waals surface area (Å²) in [6.07, 6.45) is 3.15. The number of anilines is 1. The fourth-order valence-electron chi connectivity index (χ4n) is 5.17. The summed E-state index contributed by atoms with van der Waals surface area (Å²) >= 11 is 5.72. The molecule has 2 aromatic carbocycles. The summed E-state index contributed by atoms with van der Waals surface area (Å²) in [6.45, 7) is 2.00. The van der Waals surface area contributed by atoms with E-state index in [-0.39, 0.29) is 11.6 Å². The van der Waals surface area contributed by atoms with Crippen LogP contribution >= 0.6 is 12.2 Å². The van der Waals surface area contributed by atoms with Gasteiger partial charge in [0.15, 0.2) is 5.11 Å². The summed E-state index contributed by atoms with van der Waals surface area (Å²) in [7, 11) is 0. The first kappa shape index (κ1) is 15.7. The first-order chi connectivity index (χ1) is 12.4. The fraction of sp³-hybridized carbons (Fsp3) is 0.368. The molecule has 5 rings (SSSR count). The molecule has 3 aliphatic rings. The number of nitro benzene ring substituents is 1. The number of rotatable bonds is 2. The van der Waals surface area contributed by atoms with E-state index < -0.39 is 10.5 Å². The van der Waals surface area contributed by atoms with Crippen LogP contribution in [-0.4, -0.2) is 32.4 Å². The molecule has 0 N–H and O–H groups in total. The molecule has 0 spiro atoms. The Hall–Kier alpha value is -2.54. The van der Waals surface area contributed by atoms with Gasteiger partial charge in [0.2, 0.25) is 0 Å². The second kappa shape index (κ2) is 5.01. The molecule has 26 heavy (non-hydrogen) atoms. The van der Waals surface area contributed by atoms with Gasteiger partial charge in [-0.15, -0.1) is 0 Å². The van der Waals surface area contributed by atoms with Crippen LogP contribution in [0.3, 0.4) is 0 Å². The zero-order chi connectivity index (χ0) is 18.2. The maximum atomic E-state index is 13.4. The van der Waals surface area contributed by atoms with E-state index >= 15 is 0 Å². The number of hydrogen-bond acceptors (Lipinski definition) is 4. The molecule has 2 saturated heterocycles. The molecular weight excluding hydrogens is 350 g/mol. The number of nitrogens with zero attached hydrogens (tertiary/aromatic N) is 3. The number of hydrogen-bond donors (Lipinski definition) is 0. The third-order valence-electron chi connectivity index (χ3n) is 6.41. The van der Waals surface area contributed by atoms with Gasteiger partial charge >= 0.3 is 0 Å². The van der Waals surface area contributed by atoms with Gasteiger partial charge in [-0.05, 0) is 56.5 Å². The van der Waals surface area contributed by atoms with Crippen molar-refractivity contribution in [1.82, 2.24) is 4.90 Å². The minimum atomic E-state index is -0.580. The quantitative estimate of drug-likeness (QED) is 0.461. The first-order valence-electron chi connectivity index (χ1n) is 8.78. The molecule has 0 aromatic heterocycles. The number of thiocarbonyl (C=S) groups is 1. The van der Waals surface area contributed by atoms with Crippen LogP contribution in [0.1, 0.15) is 26.2 Å². The van der Waals surface area contributed by atoms with Crippen molar-refractivity contribution in [2.24, 2.45) is 5.92 Å². The summed E-state index contributed by atoms with van der Waals surface area (Å²) in [4.78, 5) is 28.1. The summed E-state index contributed by atoms with van der Waals surface area (Å²) in [5.74, 6) is 0.320. The molecular formula is C19H17N3O3S. The van der Waals surface area contributed by atoms with Gasteiger partial charge in [-0.1, -0.05) is 18.2 Å². The molecule has 1 saturated carbocycles. The summed E-state index contributed by atoms with van der Waals surface area (Å²) in [6, 6.07) is 10.6. The van der Waals surface area contributed by atoms with Crippen molar-refractivity contribution in [3.05, 3.63) is 46.5 Å². The maximum Gasteiger partial charge on any atom is 0.277 e. The van der Waals surface area contributed by atoms with E-state index in [2.05, 4.69) is 4.90 Å². The van der Waals surface area contributed by atoms with Crippen LogP contribution in [0.15, 0.2) is 36.4 Å². The van der Waals surface area contributed by atoms with Crippen molar-refractivity contribution in [3.63, 3.8) is 0 Å². The predicted molar refractivity (Wildman–Crippen MR) is 102 cm³/mol. The molecule has 2 bridgehead atoms. The topological polar surface area (TPSA) is 66.7 Å². The molecule has 0 radical (unpaired) electrons. The average Bonchev–Trinajstić information content (AvgIpc) is 3.26. The number of benzene rings is 2. The molecule has 6 nitrogen and oxygen atoms in total. The van der Waals surface area contributed by atoms with Gasteiger partial charge in [-0.2, -0.15) is 0 Å². The highest BCUT2D eigenvalue weighted by molar-refractivity contribution is 7.80. The van der Waals surface area contributed by atoms with E-state index in [1.807, 2.05) is 19.1 Å². The number of piperidine rings is 1. The van der Waals surface area contributed by atoms with Crippen LogP contribution in [0.5, 0.6) is 0 Å². The zero-order valence-corrected chi connectivity index (χ0v) is 15.0. The average molecular weight is 367 g/mol. The Morgan fingerprint density at radius 3 is 2.62 bits per heavy atom. The molecule has 1 amide bonds. The Bertz CT molecular complexity index is 1010. The van der Waals surface area contributed by atoms with Crippen molar-refractivity contribution in [2.45, 2.75) is 37.8 Å². The second-order valence-corrected chi connectivity index (χ2v) is 7.88. The minimum absolute atomic E-state index is 0.00583. The molecule has 2 aliphatic heterocycles. The summed E-state index contributed by atoms with van der Waals surface area (Å²) < 4.78 is 0. The SMILES string of the molecule is C[C@@]12C(=O)N(c3ccc([N+](=O)[O-])c4ccccc34)C(=S)N1C1CCC2C1. The van der Waals surface area contributed by atoms with Crippen LogP contribution in [0.2, 0.25) is 0 Å².